The van der Waals surface area contributed by atoms with Crippen LogP contribution in [0.1, 0.15) is 16.8 Å². The summed E-state index contributed by atoms with van der Waals surface area (Å²) in [6.45, 7) is 0.227. The average Bonchev–Trinajstić information content (AvgIpc) is 2.43. The van der Waals surface area contributed by atoms with Gasteiger partial charge in [-0.1, -0.05) is 0 Å². The number of amides is 1. The van der Waals surface area contributed by atoms with Crippen LogP contribution in [0.3, 0.4) is 0 Å². The van der Waals surface area contributed by atoms with E-state index in [2.05, 4.69) is 4.74 Å². The number of benzene rings is 1. The van der Waals surface area contributed by atoms with Gasteiger partial charge < -0.3 is 14.4 Å². The lowest BCUT2D eigenvalue weighted by Crippen LogP contribution is -2.29. The van der Waals surface area contributed by atoms with Crippen LogP contribution in [0.15, 0.2) is 18.2 Å². The standard InChI is InChI=1S/C13H16FNO4/c1-15(7-6-12(16)19-3)13(17)9-4-5-10(14)11(8-9)18-2/h4-5,8H,6-7H2,1-3H3. The van der Waals surface area contributed by atoms with Gasteiger partial charge in [0.25, 0.3) is 5.91 Å². The first kappa shape index (κ1) is 14.9. The third-order valence-corrected chi connectivity index (χ3v) is 2.62. The smallest absolute Gasteiger partial charge is 0.307 e. The zero-order chi connectivity index (χ0) is 14.4. The Morgan fingerprint density at radius 3 is 2.58 bits per heavy atom. The number of carbonyl (C=O) groups is 2. The van der Waals surface area contributed by atoms with Crippen molar-refractivity contribution in [2.75, 3.05) is 27.8 Å². The second-order valence-electron chi connectivity index (χ2n) is 3.90. The van der Waals surface area contributed by atoms with E-state index in [-0.39, 0.29) is 24.6 Å². The maximum absolute atomic E-state index is 13.2. The van der Waals surface area contributed by atoms with Crippen molar-refractivity contribution in [3.63, 3.8) is 0 Å². The Balaban J connectivity index is 2.74. The topological polar surface area (TPSA) is 55.8 Å². The van der Waals surface area contributed by atoms with Gasteiger partial charge in [0.1, 0.15) is 0 Å². The molecule has 0 saturated heterocycles. The lowest BCUT2D eigenvalue weighted by atomic mass is 10.2. The number of esters is 1. The zero-order valence-electron chi connectivity index (χ0n) is 11.1. The van der Waals surface area contributed by atoms with Crippen molar-refractivity contribution in [3.05, 3.63) is 29.6 Å². The molecule has 19 heavy (non-hydrogen) atoms. The molecule has 104 valence electrons. The minimum absolute atomic E-state index is 0.00668. The molecule has 1 amide bonds. The van der Waals surface area contributed by atoms with Gasteiger partial charge in [0, 0.05) is 19.2 Å². The summed E-state index contributed by atoms with van der Waals surface area (Å²) in [4.78, 5) is 24.4. The van der Waals surface area contributed by atoms with Crippen LogP contribution < -0.4 is 4.74 Å². The average molecular weight is 269 g/mol. The number of hydrogen-bond donors (Lipinski definition) is 0. The highest BCUT2D eigenvalue weighted by Gasteiger charge is 2.15. The largest absolute Gasteiger partial charge is 0.494 e. The van der Waals surface area contributed by atoms with Crippen LogP contribution in [-0.4, -0.2) is 44.6 Å². The second kappa shape index (κ2) is 6.72. The first-order valence-electron chi connectivity index (χ1n) is 5.65. The molecule has 1 aromatic carbocycles. The summed E-state index contributed by atoms with van der Waals surface area (Å²) >= 11 is 0. The molecule has 1 rings (SSSR count). The second-order valence-corrected chi connectivity index (χ2v) is 3.90. The molecular weight excluding hydrogens is 253 g/mol. The van der Waals surface area contributed by atoms with E-state index in [1.165, 1.54) is 37.3 Å². The first-order chi connectivity index (χ1) is 8.99. The van der Waals surface area contributed by atoms with Gasteiger partial charge in [-0.05, 0) is 18.2 Å². The third-order valence-electron chi connectivity index (χ3n) is 2.62. The molecule has 0 spiro atoms. The Hall–Kier alpha value is -2.11. The highest BCUT2D eigenvalue weighted by Crippen LogP contribution is 2.19. The van der Waals surface area contributed by atoms with E-state index in [4.69, 9.17) is 4.74 Å². The molecule has 1 aromatic rings. The molecule has 5 nitrogen and oxygen atoms in total. The highest BCUT2D eigenvalue weighted by molar-refractivity contribution is 5.94. The van der Waals surface area contributed by atoms with Crippen molar-refractivity contribution in [2.45, 2.75) is 6.42 Å². The van der Waals surface area contributed by atoms with Gasteiger partial charge in [-0.3, -0.25) is 9.59 Å². The van der Waals surface area contributed by atoms with E-state index in [0.29, 0.717) is 5.56 Å². The molecule has 0 aromatic heterocycles. The van der Waals surface area contributed by atoms with Crippen molar-refractivity contribution < 1.29 is 23.5 Å². The van der Waals surface area contributed by atoms with Crippen LogP contribution in [0.4, 0.5) is 4.39 Å². The number of carbonyl (C=O) groups excluding carboxylic acids is 2. The van der Waals surface area contributed by atoms with Crippen molar-refractivity contribution in [1.82, 2.24) is 4.90 Å². The van der Waals surface area contributed by atoms with Gasteiger partial charge in [0.05, 0.1) is 20.6 Å². The lowest BCUT2D eigenvalue weighted by molar-refractivity contribution is -0.140. The molecule has 0 aliphatic rings. The molecule has 0 heterocycles. The van der Waals surface area contributed by atoms with Crippen LogP contribution in [0, 0.1) is 5.82 Å². The summed E-state index contributed by atoms with van der Waals surface area (Å²) < 4.78 is 22.5. The lowest BCUT2D eigenvalue weighted by Gasteiger charge is -2.16. The summed E-state index contributed by atoms with van der Waals surface area (Å²) in [6, 6.07) is 3.86. The fourth-order valence-corrected chi connectivity index (χ4v) is 1.48. The van der Waals surface area contributed by atoms with Crippen LogP contribution in [0.5, 0.6) is 5.75 Å². The van der Waals surface area contributed by atoms with E-state index < -0.39 is 11.8 Å². The molecule has 0 aliphatic heterocycles. The van der Waals surface area contributed by atoms with Crippen molar-refractivity contribution >= 4 is 11.9 Å². The summed E-state index contributed by atoms with van der Waals surface area (Å²) in [5, 5.41) is 0. The quantitative estimate of drug-likeness (QED) is 0.760. The first-order valence-corrected chi connectivity index (χ1v) is 5.65. The summed E-state index contributed by atoms with van der Waals surface area (Å²) in [6.07, 6.45) is 0.108. The number of hydrogen-bond acceptors (Lipinski definition) is 4. The Morgan fingerprint density at radius 2 is 2.00 bits per heavy atom. The van der Waals surface area contributed by atoms with Crippen LogP contribution in [0.2, 0.25) is 0 Å². The molecule has 6 heteroatoms. The van der Waals surface area contributed by atoms with Crippen molar-refractivity contribution in [1.29, 1.82) is 0 Å². The summed E-state index contributed by atoms with van der Waals surface area (Å²) in [5.74, 6) is -1.23. The van der Waals surface area contributed by atoms with Gasteiger partial charge in [-0.2, -0.15) is 0 Å². The summed E-state index contributed by atoms with van der Waals surface area (Å²) in [7, 11) is 4.17. The predicted molar refractivity (Wildman–Crippen MR) is 66.5 cm³/mol. The number of nitrogens with zero attached hydrogens (tertiary/aromatic N) is 1. The predicted octanol–water partition coefficient (Wildman–Crippen LogP) is 1.47. The van der Waals surface area contributed by atoms with Gasteiger partial charge in [0.15, 0.2) is 11.6 Å². The molecule has 0 saturated carbocycles. The Labute approximate surface area is 110 Å². The SMILES string of the molecule is COC(=O)CCN(C)C(=O)c1ccc(F)c(OC)c1. The molecular formula is C13H16FNO4. The van der Waals surface area contributed by atoms with E-state index >= 15 is 0 Å². The van der Waals surface area contributed by atoms with E-state index in [1.807, 2.05) is 0 Å². The fraction of sp³-hybridized carbons (Fsp3) is 0.385. The Kier molecular flexibility index (Phi) is 5.29. The Morgan fingerprint density at radius 1 is 1.32 bits per heavy atom. The van der Waals surface area contributed by atoms with E-state index in [9.17, 15) is 14.0 Å². The fourth-order valence-electron chi connectivity index (χ4n) is 1.48. The molecule has 0 unspecified atom stereocenters. The Bertz CT molecular complexity index is 476. The molecule has 0 bridgehead atoms. The van der Waals surface area contributed by atoms with Gasteiger partial charge in [-0.15, -0.1) is 0 Å². The van der Waals surface area contributed by atoms with Crippen molar-refractivity contribution in [3.8, 4) is 5.75 Å². The number of rotatable bonds is 5. The van der Waals surface area contributed by atoms with E-state index in [0.717, 1.165) is 0 Å². The van der Waals surface area contributed by atoms with Crippen LogP contribution in [0.25, 0.3) is 0 Å². The van der Waals surface area contributed by atoms with Crippen LogP contribution >= 0.6 is 0 Å². The summed E-state index contributed by atoms with van der Waals surface area (Å²) in [5.41, 5.74) is 0.297. The van der Waals surface area contributed by atoms with Gasteiger partial charge in [-0.25, -0.2) is 4.39 Å². The molecule has 0 fully saturated rings. The van der Waals surface area contributed by atoms with Gasteiger partial charge in [0.2, 0.25) is 0 Å². The molecule has 0 N–H and O–H groups in total. The monoisotopic (exact) mass is 269 g/mol. The maximum atomic E-state index is 13.2. The number of methoxy groups -OCH3 is 2. The normalized spacial score (nSPS) is 9.89. The van der Waals surface area contributed by atoms with Gasteiger partial charge >= 0.3 is 5.97 Å². The number of ether oxygens (including phenoxy) is 2. The molecule has 0 radical (unpaired) electrons. The van der Waals surface area contributed by atoms with E-state index in [1.54, 1.807) is 7.05 Å². The highest BCUT2D eigenvalue weighted by atomic mass is 19.1. The third kappa shape index (κ3) is 3.94. The van der Waals surface area contributed by atoms with Crippen molar-refractivity contribution in [2.24, 2.45) is 0 Å². The van der Waals surface area contributed by atoms with Crippen LogP contribution in [-0.2, 0) is 9.53 Å². The minimum Gasteiger partial charge on any atom is -0.494 e. The molecule has 0 atom stereocenters. The minimum atomic E-state index is -0.531. The maximum Gasteiger partial charge on any atom is 0.307 e. The molecule has 0 aliphatic carbocycles. The zero-order valence-corrected chi connectivity index (χ0v) is 11.1. The number of halogens is 1.